The third-order valence-electron chi connectivity index (χ3n) is 6.78. The van der Waals surface area contributed by atoms with Gasteiger partial charge in [-0.25, -0.2) is 0 Å². The van der Waals surface area contributed by atoms with Crippen LogP contribution in [0.15, 0.2) is 0 Å². The summed E-state index contributed by atoms with van der Waals surface area (Å²) in [6, 6.07) is 0. The lowest BCUT2D eigenvalue weighted by molar-refractivity contribution is -0.150. The number of hydrogen-bond acceptors (Lipinski definition) is 19. The van der Waals surface area contributed by atoms with Gasteiger partial charge in [0.05, 0.1) is 183 Å². The Kier molecular flexibility index (Phi) is 38.4. The summed E-state index contributed by atoms with van der Waals surface area (Å²) < 4.78 is 75.4. The topological polar surface area (TPSA) is 276 Å². The Balaban J connectivity index is 5.95. The van der Waals surface area contributed by atoms with Crippen molar-refractivity contribution in [1.82, 2.24) is 0 Å². The van der Waals surface area contributed by atoms with Crippen LogP contribution < -0.4 is 34.4 Å². The van der Waals surface area contributed by atoms with Gasteiger partial charge >= 0.3 is 0 Å². The first-order valence-corrected chi connectivity index (χ1v) is 17.8. The molecule has 0 aliphatic rings. The smallest absolute Gasteiger partial charge is 0.0941 e. The molecule has 0 amide bonds. The van der Waals surface area contributed by atoms with E-state index in [4.69, 9.17) is 96.0 Å². The van der Waals surface area contributed by atoms with E-state index in [1.165, 1.54) is 0 Å². The summed E-state index contributed by atoms with van der Waals surface area (Å²) in [6.07, 6.45) is 0. The summed E-state index contributed by atoms with van der Waals surface area (Å²) in [4.78, 5) is 0. The Morgan fingerprint density at radius 1 is 0.216 bits per heavy atom. The summed E-state index contributed by atoms with van der Waals surface area (Å²) in [5.41, 5.74) is 31.7. The largest absolute Gasteiger partial charge is 0.380 e. The maximum absolute atomic E-state index is 6.53. The first-order valence-electron chi connectivity index (χ1n) is 17.8. The van der Waals surface area contributed by atoms with Crippen molar-refractivity contribution in [3.63, 3.8) is 0 Å². The molecule has 0 fully saturated rings. The molecule has 0 aromatic rings. The Hall–Kier alpha value is -0.760. The van der Waals surface area contributed by atoms with Crippen LogP contribution in [-0.4, -0.2) is 198 Å². The number of ether oxygens (including phenoxy) is 13. The van der Waals surface area contributed by atoms with Crippen LogP contribution in [0.2, 0.25) is 0 Å². The predicted molar refractivity (Wildman–Crippen MR) is 190 cm³/mol. The summed E-state index contributed by atoms with van der Waals surface area (Å²) in [7, 11) is 0. The summed E-state index contributed by atoms with van der Waals surface area (Å²) in [5, 5.41) is 0. The van der Waals surface area contributed by atoms with Gasteiger partial charge in [0.25, 0.3) is 0 Å². The van der Waals surface area contributed by atoms with Gasteiger partial charge in [-0.2, -0.15) is 0 Å². The van der Waals surface area contributed by atoms with Crippen LogP contribution in [-0.2, 0) is 61.6 Å². The number of rotatable bonds is 44. The molecule has 0 aliphatic heterocycles. The molecular weight excluding hydrogens is 676 g/mol. The average molecular weight is 749 g/mol. The molecule has 0 aromatic heterocycles. The van der Waals surface area contributed by atoms with E-state index in [0.717, 1.165) is 0 Å². The lowest BCUT2D eigenvalue weighted by Gasteiger charge is -2.37. The minimum atomic E-state index is -0.722. The lowest BCUT2D eigenvalue weighted by atomic mass is 9.90. The molecule has 0 atom stereocenters. The SMILES string of the molecule is NCCOCCOCC(COCCOCN)(COCCOCCN)COCC(COCCOCN)(COCCOCCN)COCCOCCN. The zero-order valence-electron chi connectivity index (χ0n) is 31.0. The summed E-state index contributed by atoms with van der Waals surface area (Å²) in [5.74, 6) is 0. The molecule has 0 aliphatic carbocycles. The van der Waals surface area contributed by atoms with Gasteiger partial charge in [0.2, 0.25) is 0 Å². The maximum Gasteiger partial charge on any atom is 0.0941 e. The van der Waals surface area contributed by atoms with Crippen LogP contribution in [0.25, 0.3) is 0 Å². The minimum Gasteiger partial charge on any atom is -0.380 e. The lowest BCUT2D eigenvalue weighted by Crippen LogP contribution is -2.46. The summed E-state index contributed by atoms with van der Waals surface area (Å²) in [6.45, 7) is 9.86. The third-order valence-corrected chi connectivity index (χ3v) is 6.78. The van der Waals surface area contributed by atoms with Gasteiger partial charge in [0.1, 0.15) is 0 Å². The molecule has 0 radical (unpaired) electrons. The van der Waals surface area contributed by atoms with Crippen molar-refractivity contribution >= 4 is 0 Å². The van der Waals surface area contributed by atoms with Crippen molar-refractivity contribution in [2.45, 2.75) is 0 Å². The highest BCUT2D eigenvalue weighted by Gasteiger charge is 2.37. The van der Waals surface area contributed by atoms with Gasteiger partial charge in [0, 0.05) is 26.2 Å². The van der Waals surface area contributed by atoms with Gasteiger partial charge in [0.15, 0.2) is 0 Å². The van der Waals surface area contributed by atoms with Gasteiger partial charge in [-0.1, -0.05) is 0 Å². The van der Waals surface area contributed by atoms with Gasteiger partial charge < -0.3 is 96.0 Å². The minimum absolute atomic E-state index is 0.0976. The molecule has 0 rings (SSSR count). The van der Waals surface area contributed by atoms with Crippen LogP contribution >= 0.6 is 0 Å². The Morgan fingerprint density at radius 2 is 0.412 bits per heavy atom. The van der Waals surface area contributed by atoms with E-state index in [9.17, 15) is 0 Å². The monoisotopic (exact) mass is 749 g/mol. The van der Waals surface area contributed by atoms with Crippen molar-refractivity contribution in [1.29, 1.82) is 0 Å². The molecule has 0 unspecified atom stereocenters. The molecular formula is C32H72N6O13. The van der Waals surface area contributed by atoms with E-state index in [1.807, 2.05) is 0 Å². The standard InChI is InChI=1S/C32H72N6O13/c33-1-5-39-9-13-43-21-31(25-47-17-19-49-29-37,22-44-14-10-40-6-2-34)27-51-28-32(26-48-18-20-50-30-38,23-45-15-11-41-7-3-35)24-46-16-12-42-8-4-36/h1-30,33-38H2. The first-order chi connectivity index (χ1) is 25.1. The fourth-order valence-corrected chi connectivity index (χ4v) is 4.33. The van der Waals surface area contributed by atoms with E-state index in [0.29, 0.717) is 132 Å². The van der Waals surface area contributed by atoms with E-state index < -0.39 is 10.8 Å². The van der Waals surface area contributed by atoms with Gasteiger partial charge in [-0.3, -0.25) is 0 Å². The number of nitrogens with two attached hydrogens (primary N) is 6. The van der Waals surface area contributed by atoms with E-state index in [-0.39, 0.29) is 66.3 Å². The molecule has 0 spiro atoms. The van der Waals surface area contributed by atoms with Crippen LogP contribution in [0.4, 0.5) is 0 Å². The van der Waals surface area contributed by atoms with E-state index >= 15 is 0 Å². The highest BCUT2D eigenvalue weighted by molar-refractivity contribution is 4.83. The molecule has 51 heavy (non-hydrogen) atoms. The predicted octanol–water partition coefficient (Wildman–Crippen LogP) is -3.16. The van der Waals surface area contributed by atoms with Crippen LogP contribution in [0.5, 0.6) is 0 Å². The van der Waals surface area contributed by atoms with E-state index in [2.05, 4.69) is 0 Å². The Bertz CT molecular complexity index is 612. The zero-order chi connectivity index (χ0) is 37.4. The number of hydrogen-bond donors (Lipinski definition) is 6. The van der Waals surface area contributed by atoms with Gasteiger partial charge in [-0.15, -0.1) is 0 Å². The zero-order valence-corrected chi connectivity index (χ0v) is 31.0. The Morgan fingerprint density at radius 3 is 0.627 bits per heavy atom. The van der Waals surface area contributed by atoms with Crippen LogP contribution in [0.3, 0.4) is 0 Å². The van der Waals surface area contributed by atoms with Crippen LogP contribution in [0.1, 0.15) is 0 Å². The molecule has 19 nitrogen and oxygen atoms in total. The fourth-order valence-electron chi connectivity index (χ4n) is 4.33. The van der Waals surface area contributed by atoms with Crippen molar-refractivity contribution in [2.24, 2.45) is 45.2 Å². The average Bonchev–Trinajstić information content (AvgIpc) is 3.14. The van der Waals surface area contributed by atoms with Crippen molar-refractivity contribution in [3.05, 3.63) is 0 Å². The second-order valence-electron chi connectivity index (χ2n) is 11.6. The second kappa shape index (κ2) is 38.9. The van der Waals surface area contributed by atoms with Crippen LogP contribution in [0, 0.1) is 10.8 Å². The Labute approximate surface area is 305 Å². The highest BCUT2D eigenvalue weighted by atomic mass is 16.6. The van der Waals surface area contributed by atoms with Crippen molar-refractivity contribution in [3.8, 4) is 0 Å². The molecule has 0 heterocycles. The molecule has 0 saturated carbocycles. The molecule has 308 valence electrons. The fraction of sp³-hybridized carbons (Fsp3) is 1.00. The molecule has 0 saturated heterocycles. The molecule has 0 bridgehead atoms. The summed E-state index contributed by atoms with van der Waals surface area (Å²) >= 11 is 0. The molecule has 19 heteroatoms. The maximum atomic E-state index is 6.53. The first kappa shape index (κ1) is 50.2. The molecule has 0 aromatic carbocycles. The molecule has 12 N–H and O–H groups in total. The van der Waals surface area contributed by atoms with Crippen molar-refractivity contribution in [2.75, 3.05) is 198 Å². The van der Waals surface area contributed by atoms with E-state index in [1.54, 1.807) is 0 Å². The second-order valence-corrected chi connectivity index (χ2v) is 11.6. The quantitative estimate of drug-likeness (QED) is 0.0265. The normalized spacial score (nSPS) is 12.4. The van der Waals surface area contributed by atoms with Gasteiger partial charge in [-0.05, 0) is 0 Å². The third kappa shape index (κ3) is 31.3. The van der Waals surface area contributed by atoms with Crippen molar-refractivity contribution < 1.29 is 61.6 Å². The highest BCUT2D eigenvalue weighted by Crippen LogP contribution is 2.25.